The van der Waals surface area contributed by atoms with Crippen LogP contribution in [0.2, 0.25) is 0 Å². The van der Waals surface area contributed by atoms with Gasteiger partial charge in [-0.15, -0.1) is 0 Å². The summed E-state index contributed by atoms with van der Waals surface area (Å²) >= 11 is 0. The number of likely N-dealkylation sites (N-methyl/N-ethyl adjacent to an activating group) is 1. The van der Waals surface area contributed by atoms with E-state index in [2.05, 4.69) is 42.8 Å². The number of nitrogens with zero attached hydrogens (tertiary/aromatic N) is 2. The molecule has 2 aliphatic rings. The van der Waals surface area contributed by atoms with Gasteiger partial charge in [0, 0.05) is 40.2 Å². The van der Waals surface area contributed by atoms with Crippen LogP contribution < -0.4 is 5.32 Å². The third-order valence-corrected chi connectivity index (χ3v) is 4.76. The number of unbranched alkanes of at least 4 members (excludes halogenated alkanes) is 1. The molecular formula is C19H45N3O. The second-order valence-electron chi connectivity index (χ2n) is 6.49. The molecule has 0 aromatic rings. The lowest BCUT2D eigenvalue weighted by atomic mass is 9.89. The molecule has 4 heteroatoms. The molecular weight excluding hydrogens is 286 g/mol. The highest BCUT2D eigenvalue weighted by molar-refractivity contribution is 4.85. The molecule has 0 bridgehead atoms. The van der Waals surface area contributed by atoms with E-state index < -0.39 is 0 Å². The average Bonchev–Trinajstić information content (AvgIpc) is 2.53. The Kier molecular flexibility index (Phi) is 14.1. The highest BCUT2D eigenvalue weighted by Crippen LogP contribution is 2.23. The molecule has 142 valence electrons. The highest BCUT2D eigenvalue weighted by Gasteiger charge is 2.28. The molecule has 1 aliphatic heterocycles. The molecule has 0 spiro atoms. The van der Waals surface area contributed by atoms with Gasteiger partial charge in [-0.2, -0.15) is 0 Å². The van der Waals surface area contributed by atoms with Crippen molar-refractivity contribution in [1.29, 1.82) is 0 Å². The molecule has 0 atom stereocenters. The standard InChI is InChI=1S/C14H29N3O.C4H10.CH4.H2/c1-3-15-13-11-14(12-13)18-10-9-17-7-5-16(4-2)6-8-17;1-3-4-2;;/h13-15H,3-12H2,1-2H3;3-4H2,1-2H3;1H4;1H. The Balaban J connectivity index is 0. The van der Waals surface area contributed by atoms with Crippen molar-refractivity contribution in [3.8, 4) is 0 Å². The molecule has 1 aliphatic carbocycles. The van der Waals surface area contributed by atoms with Crippen LogP contribution in [0.1, 0.15) is 62.2 Å². The Morgan fingerprint density at radius 3 is 2.00 bits per heavy atom. The number of piperazine rings is 1. The van der Waals surface area contributed by atoms with Gasteiger partial charge in [0.05, 0.1) is 12.7 Å². The van der Waals surface area contributed by atoms with Gasteiger partial charge in [0.15, 0.2) is 0 Å². The highest BCUT2D eigenvalue weighted by atomic mass is 16.5. The normalized spacial score (nSPS) is 25.0. The van der Waals surface area contributed by atoms with Gasteiger partial charge in [-0.05, 0) is 25.9 Å². The van der Waals surface area contributed by atoms with E-state index in [0.29, 0.717) is 12.1 Å². The maximum atomic E-state index is 5.92. The summed E-state index contributed by atoms with van der Waals surface area (Å²) in [6.07, 6.45) is 5.57. The largest absolute Gasteiger partial charge is 0.377 e. The SMILES string of the molecule is C.CCCC.CCNC1CC(OCCN2CCN(CC)CC2)C1.[HH]. The van der Waals surface area contributed by atoms with E-state index in [1.54, 1.807) is 0 Å². The topological polar surface area (TPSA) is 27.7 Å². The molecule has 2 fully saturated rings. The van der Waals surface area contributed by atoms with Crippen molar-refractivity contribution in [3.05, 3.63) is 0 Å². The van der Waals surface area contributed by atoms with Gasteiger partial charge in [0.1, 0.15) is 0 Å². The van der Waals surface area contributed by atoms with E-state index in [1.807, 2.05) is 0 Å². The van der Waals surface area contributed by atoms with Gasteiger partial charge in [-0.3, -0.25) is 4.90 Å². The number of hydrogen-bond acceptors (Lipinski definition) is 4. The lowest BCUT2D eigenvalue weighted by Crippen LogP contribution is -2.48. The lowest BCUT2D eigenvalue weighted by molar-refractivity contribution is -0.0272. The summed E-state index contributed by atoms with van der Waals surface area (Å²) in [5, 5.41) is 3.47. The Morgan fingerprint density at radius 2 is 1.52 bits per heavy atom. The third-order valence-electron chi connectivity index (χ3n) is 4.76. The number of nitrogens with one attached hydrogen (secondary N) is 1. The van der Waals surface area contributed by atoms with Crippen LogP contribution in [0.4, 0.5) is 0 Å². The molecule has 4 nitrogen and oxygen atoms in total. The van der Waals surface area contributed by atoms with Crippen molar-refractivity contribution >= 4 is 0 Å². The van der Waals surface area contributed by atoms with Crippen molar-refractivity contribution < 1.29 is 6.16 Å². The maximum absolute atomic E-state index is 5.92. The Morgan fingerprint density at radius 1 is 0.957 bits per heavy atom. The minimum atomic E-state index is 0. The smallest absolute Gasteiger partial charge is 0.0605 e. The van der Waals surface area contributed by atoms with E-state index in [1.165, 1.54) is 58.4 Å². The van der Waals surface area contributed by atoms with E-state index in [0.717, 1.165) is 19.7 Å². The second-order valence-corrected chi connectivity index (χ2v) is 6.49. The maximum Gasteiger partial charge on any atom is 0.0605 e. The van der Waals surface area contributed by atoms with E-state index in [-0.39, 0.29) is 8.85 Å². The zero-order valence-corrected chi connectivity index (χ0v) is 15.4. The fraction of sp³-hybridized carbons (Fsp3) is 1.00. The summed E-state index contributed by atoms with van der Waals surface area (Å²) in [6, 6.07) is 0.716. The van der Waals surface area contributed by atoms with Gasteiger partial charge < -0.3 is 15.0 Å². The molecule has 1 saturated heterocycles. The van der Waals surface area contributed by atoms with E-state index in [9.17, 15) is 0 Å². The van der Waals surface area contributed by atoms with Crippen LogP contribution in [0.25, 0.3) is 0 Å². The van der Waals surface area contributed by atoms with Gasteiger partial charge >= 0.3 is 0 Å². The molecule has 0 aromatic carbocycles. The predicted molar refractivity (Wildman–Crippen MR) is 104 cm³/mol. The van der Waals surface area contributed by atoms with Gasteiger partial charge in [0.25, 0.3) is 0 Å². The van der Waals surface area contributed by atoms with Gasteiger partial charge in [0.2, 0.25) is 0 Å². The first kappa shape index (κ1) is 22.8. The molecule has 1 heterocycles. The Hall–Kier alpha value is -0.160. The zero-order valence-electron chi connectivity index (χ0n) is 15.4. The van der Waals surface area contributed by atoms with Gasteiger partial charge in [-0.25, -0.2) is 0 Å². The fourth-order valence-electron chi connectivity index (χ4n) is 2.83. The van der Waals surface area contributed by atoms with E-state index >= 15 is 0 Å². The molecule has 1 N–H and O–H groups in total. The number of rotatable bonds is 8. The van der Waals surface area contributed by atoms with Crippen LogP contribution in [0, 0.1) is 0 Å². The molecule has 0 amide bonds. The average molecular weight is 332 g/mol. The molecule has 1 saturated carbocycles. The van der Waals surface area contributed by atoms with Crippen molar-refractivity contribution in [2.24, 2.45) is 0 Å². The summed E-state index contributed by atoms with van der Waals surface area (Å²) in [5.41, 5.74) is 0. The number of hydrogen-bond donors (Lipinski definition) is 1. The van der Waals surface area contributed by atoms with Crippen molar-refractivity contribution in [3.63, 3.8) is 0 Å². The Labute approximate surface area is 147 Å². The lowest BCUT2D eigenvalue weighted by Gasteiger charge is -2.37. The quantitative estimate of drug-likeness (QED) is 0.737. The van der Waals surface area contributed by atoms with Crippen LogP contribution in [-0.4, -0.2) is 74.4 Å². The molecule has 0 unspecified atom stereocenters. The van der Waals surface area contributed by atoms with Crippen molar-refractivity contribution in [2.45, 2.75) is 73.0 Å². The first-order valence-electron chi connectivity index (χ1n) is 9.53. The van der Waals surface area contributed by atoms with Crippen LogP contribution >= 0.6 is 0 Å². The first-order chi connectivity index (χ1) is 10.7. The summed E-state index contributed by atoms with van der Waals surface area (Å²) in [4.78, 5) is 5.05. The summed E-state index contributed by atoms with van der Waals surface area (Å²) in [7, 11) is 0. The minimum Gasteiger partial charge on any atom is -0.377 e. The van der Waals surface area contributed by atoms with Crippen LogP contribution in [0.3, 0.4) is 0 Å². The Bertz CT molecular complexity index is 253. The fourth-order valence-corrected chi connectivity index (χ4v) is 2.83. The molecule has 0 aromatic heterocycles. The molecule has 2 rings (SSSR count). The van der Waals surface area contributed by atoms with Crippen molar-refractivity contribution in [2.75, 3.05) is 52.4 Å². The molecule has 0 radical (unpaired) electrons. The second kappa shape index (κ2) is 14.2. The van der Waals surface area contributed by atoms with E-state index in [4.69, 9.17) is 4.74 Å². The number of ether oxygens (including phenoxy) is 1. The monoisotopic (exact) mass is 331 g/mol. The van der Waals surface area contributed by atoms with Gasteiger partial charge in [-0.1, -0.05) is 48.0 Å². The summed E-state index contributed by atoms with van der Waals surface area (Å²) in [5.74, 6) is 0. The molecule has 23 heavy (non-hydrogen) atoms. The predicted octanol–water partition coefficient (Wildman–Crippen LogP) is 3.47. The van der Waals surface area contributed by atoms with Crippen molar-refractivity contribution in [1.82, 2.24) is 15.1 Å². The van der Waals surface area contributed by atoms with Crippen LogP contribution in [0.15, 0.2) is 0 Å². The first-order valence-corrected chi connectivity index (χ1v) is 9.53. The van der Waals surface area contributed by atoms with Crippen LogP contribution in [-0.2, 0) is 4.74 Å². The van der Waals surface area contributed by atoms with Crippen LogP contribution in [0.5, 0.6) is 0 Å². The summed E-state index contributed by atoms with van der Waals surface area (Å²) < 4.78 is 5.92. The summed E-state index contributed by atoms with van der Waals surface area (Å²) in [6.45, 7) is 17.9. The third kappa shape index (κ3) is 9.65. The zero-order chi connectivity index (χ0) is 16.2. The minimum absolute atomic E-state index is 0.